The quantitative estimate of drug-likeness (QED) is 0.771. The van der Waals surface area contributed by atoms with Gasteiger partial charge in [-0.2, -0.15) is 13.2 Å². The first-order chi connectivity index (χ1) is 8.74. The molecule has 1 amide bonds. The molecule has 0 saturated heterocycles. The summed E-state index contributed by atoms with van der Waals surface area (Å²) in [6.07, 6.45) is -4.03. The van der Waals surface area contributed by atoms with Crippen molar-refractivity contribution in [2.24, 2.45) is 0 Å². The summed E-state index contributed by atoms with van der Waals surface area (Å²) < 4.78 is 50.3. The molecule has 0 bridgehead atoms. The van der Waals surface area contributed by atoms with Crippen LogP contribution in [0.1, 0.15) is 29.3 Å². The first-order valence-corrected chi connectivity index (χ1v) is 5.86. The van der Waals surface area contributed by atoms with Gasteiger partial charge in [0, 0.05) is 12.1 Å². The van der Waals surface area contributed by atoms with Crippen molar-refractivity contribution in [2.45, 2.75) is 26.4 Å². The van der Waals surface area contributed by atoms with Gasteiger partial charge in [-0.25, -0.2) is 4.39 Å². The van der Waals surface area contributed by atoms with E-state index in [0.717, 1.165) is 11.0 Å². The lowest BCUT2D eigenvalue weighted by atomic mass is 10.1. The summed E-state index contributed by atoms with van der Waals surface area (Å²) >= 11 is 0. The van der Waals surface area contributed by atoms with Crippen LogP contribution in [0.15, 0.2) is 18.2 Å². The van der Waals surface area contributed by atoms with Crippen LogP contribution >= 0.6 is 0 Å². The number of aryl methyl sites for hydroxylation is 1. The Morgan fingerprint density at radius 3 is 2.42 bits per heavy atom. The summed E-state index contributed by atoms with van der Waals surface area (Å²) in [7, 11) is 0. The fourth-order valence-electron chi connectivity index (χ4n) is 1.70. The Morgan fingerprint density at radius 2 is 1.95 bits per heavy atom. The monoisotopic (exact) mass is 277 g/mol. The van der Waals surface area contributed by atoms with Gasteiger partial charge in [-0.1, -0.05) is 6.92 Å². The highest BCUT2D eigenvalue weighted by Gasteiger charge is 2.33. The topological polar surface area (TPSA) is 20.3 Å². The summed E-state index contributed by atoms with van der Waals surface area (Å²) in [5.41, 5.74) is 0.297. The Balaban J connectivity index is 2.95. The van der Waals surface area contributed by atoms with Gasteiger partial charge in [-0.05, 0) is 37.1 Å². The van der Waals surface area contributed by atoms with E-state index in [-0.39, 0.29) is 17.7 Å². The number of carbonyl (C=O) groups is 1. The van der Waals surface area contributed by atoms with Crippen LogP contribution in [0.5, 0.6) is 0 Å². The van der Waals surface area contributed by atoms with Crippen molar-refractivity contribution >= 4 is 5.91 Å². The lowest BCUT2D eigenvalue weighted by Gasteiger charge is -2.23. The molecule has 106 valence electrons. The molecule has 0 unspecified atom stereocenters. The van der Waals surface area contributed by atoms with Crippen molar-refractivity contribution in [1.82, 2.24) is 4.90 Å². The van der Waals surface area contributed by atoms with Gasteiger partial charge in [-0.3, -0.25) is 4.79 Å². The highest BCUT2D eigenvalue weighted by atomic mass is 19.4. The van der Waals surface area contributed by atoms with Gasteiger partial charge in [-0.15, -0.1) is 0 Å². The highest BCUT2D eigenvalue weighted by molar-refractivity contribution is 5.94. The Bertz CT molecular complexity index is 456. The molecule has 1 aromatic carbocycles. The molecule has 0 radical (unpaired) electrons. The standard InChI is InChI=1S/C13H15F4NO/c1-3-6-18(8-13(15,16)17)12(19)10-4-5-11(14)9(2)7-10/h4-5,7H,3,6,8H2,1-2H3. The first-order valence-electron chi connectivity index (χ1n) is 5.86. The van der Waals surface area contributed by atoms with E-state index in [4.69, 9.17) is 0 Å². The third kappa shape index (κ3) is 4.54. The lowest BCUT2D eigenvalue weighted by molar-refractivity contribution is -0.140. The van der Waals surface area contributed by atoms with Crippen LogP contribution in [0.2, 0.25) is 0 Å². The van der Waals surface area contributed by atoms with Gasteiger partial charge >= 0.3 is 6.18 Å². The minimum Gasteiger partial charge on any atom is -0.330 e. The van der Waals surface area contributed by atoms with Crippen molar-refractivity contribution in [3.63, 3.8) is 0 Å². The smallest absolute Gasteiger partial charge is 0.330 e. The Kier molecular flexibility index (Phi) is 4.91. The number of nitrogens with zero attached hydrogens (tertiary/aromatic N) is 1. The number of hydrogen-bond acceptors (Lipinski definition) is 1. The zero-order valence-electron chi connectivity index (χ0n) is 10.7. The van der Waals surface area contributed by atoms with Crippen LogP contribution in [0, 0.1) is 12.7 Å². The zero-order chi connectivity index (χ0) is 14.6. The minimum atomic E-state index is -4.44. The molecule has 0 atom stereocenters. The number of benzene rings is 1. The summed E-state index contributed by atoms with van der Waals surface area (Å²) in [5, 5.41) is 0. The Morgan fingerprint density at radius 1 is 1.32 bits per heavy atom. The van der Waals surface area contributed by atoms with E-state index in [1.165, 1.54) is 19.1 Å². The van der Waals surface area contributed by atoms with E-state index in [1.54, 1.807) is 6.92 Å². The average Bonchev–Trinajstić information content (AvgIpc) is 2.29. The maximum Gasteiger partial charge on any atom is 0.406 e. The molecule has 0 aliphatic heterocycles. The van der Waals surface area contributed by atoms with Gasteiger partial charge in [0.25, 0.3) is 5.91 Å². The number of alkyl halides is 3. The van der Waals surface area contributed by atoms with Crippen LogP contribution in [0.3, 0.4) is 0 Å². The summed E-state index contributed by atoms with van der Waals surface area (Å²) in [6, 6.07) is 3.54. The number of halogens is 4. The van der Waals surface area contributed by atoms with E-state index < -0.39 is 24.4 Å². The van der Waals surface area contributed by atoms with Crippen molar-refractivity contribution in [3.05, 3.63) is 35.1 Å². The molecule has 6 heteroatoms. The van der Waals surface area contributed by atoms with Gasteiger partial charge in [0.05, 0.1) is 0 Å². The molecule has 0 aliphatic carbocycles. The van der Waals surface area contributed by atoms with Crippen molar-refractivity contribution < 1.29 is 22.4 Å². The molecule has 1 aromatic rings. The average molecular weight is 277 g/mol. The highest BCUT2D eigenvalue weighted by Crippen LogP contribution is 2.19. The molecule has 19 heavy (non-hydrogen) atoms. The van der Waals surface area contributed by atoms with E-state index in [9.17, 15) is 22.4 Å². The predicted molar refractivity (Wildman–Crippen MR) is 63.4 cm³/mol. The van der Waals surface area contributed by atoms with Gasteiger partial charge in [0.15, 0.2) is 0 Å². The van der Waals surface area contributed by atoms with E-state index in [0.29, 0.717) is 6.42 Å². The van der Waals surface area contributed by atoms with Crippen molar-refractivity contribution in [2.75, 3.05) is 13.1 Å². The molecule has 2 nitrogen and oxygen atoms in total. The number of amides is 1. The number of hydrogen-bond donors (Lipinski definition) is 0. The molecule has 0 heterocycles. The van der Waals surface area contributed by atoms with Crippen LogP contribution in [0.4, 0.5) is 17.6 Å². The Hall–Kier alpha value is -1.59. The maximum atomic E-state index is 13.1. The maximum absolute atomic E-state index is 13.1. The van der Waals surface area contributed by atoms with Gasteiger partial charge < -0.3 is 4.90 Å². The van der Waals surface area contributed by atoms with E-state index in [2.05, 4.69) is 0 Å². The normalized spacial score (nSPS) is 11.5. The molecular formula is C13H15F4NO. The molecule has 0 fully saturated rings. The van der Waals surface area contributed by atoms with Crippen LogP contribution < -0.4 is 0 Å². The fourth-order valence-corrected chi connectivity index (χ4v) is 1.70. The Labute approximate surface area is 109 Å². The van der Waals surface area contributed by atoms with Crippen molar-refractivity contribution in [1.29, 1.82) is 0 Å². The molecule has 1 rings (SSSR count). The molecule has 0 aliphatic rings. The molecule has 0 N–H and O–H groups in total. The summed E-state index contributed by atoms with van der Waals surface area (Å²) in [5.74, 6) is -1.23. The second-order valence-electron chi connectivity index (χ2n) is 4.31. The summed E-state index contributed by atoms with van der Waals surface area (Å²) in [4.78, 5) is 12.7. The molecule has 0 aromatic heterocycles. The minimum absolute atomic E-state index is 0.00870. The molecular weight excluding hydrogens is 262 g/mol. The number of carbonyl (C=O) groups excluding carboxylic acids is 1. The first kappa shape index (κ1) is 15.5. The third-order valence-electron chi connectivity index (χ3n) is 2.56. The second-order valence-corrected chi connectivity index (χ2v) is 4.31. The van der Waals surface area contributed by atoms with Gasteiger partial charge in [0.2, 0.25) is 0 Å². The lowest BCUT2D eigenvalue weighted by Crippen LogP contribution is -2.39. The zero-order valence-corrected chi connectivity index (χ0v) is 10.7. The summed E-state index contributed by atoms with van der Waals surface area (Å²) in [6.45, 7) is 1.86. The van der Waals surface area contributed by atoms with Crippen molar-refractivity contribution in [3.8, 4) is 0 Å². The molecule has 0 saturated carbocycles. The fraction of sp³-hybridized carbons (Fsp3) is 0.462. The largest absolute Gasteiger partial charge is 0.406 e. The SMILES string of the molecule is CCCN(CC(F)(F)F)C(=O)c1ccc(F)c(C)c1. The third-order valence-corrected chi connectivity index (χ3v) is 2.56. The second kappa shape index (κ2) is 6.04. The molecule has 0 spiro atoms. The van der Waals surface area contributed by atoms with E-state index >= 15 is 0 Å². The van der Waals surface area contributed by atoms with Crippen LogP contribution in [0.25, 0.3) is 0 Å². The number of rotatable bonds is 4. The van der Waals surface area contributed by atoms with Crippen LogP contribution in [-0.4, -0.2) is 30.1 Å². The van der Waals surface area contributed by atoms with Gasteiger partial charge in [0.1, 0.15) is 12.4 Å². The van der Waals surface area contributed by atoms with E-state index in [1.807, 2.05) is 0 Å². The van der Waals surface area contributed by atoms with Crippen LogP contribution in [-0.2, 0) is 0 Å². The predicted octanol–water partition coefficient (Wildman–Crippen LogP) is 3.55.